The minimum atomic E-state index is -3.68. The molecule has 0 amide bonds. The number of rotatable bonds is 4. The van der Waals surface area contributed by atoms with Gasteiger partial charge in [-0.2, -0.15) is 0 Å². The van der Waals surface area contributed by atoms with Crippen molar-refractivity contribution in [3.63, 3.8) is 0 Å². The number of para-hydroxylation sites is 2. The van der Waals surface area contributed by atoms with E-state index in [0.29, 0.717) is 23.1 Å². The van der Waals surface area contributed by atoms with Crippen molar-refractivity contribution in [2.75, 3.05) is 13.4 Å². The summed E-state index contributed by atoms with van der Waals surface area (Å²) in [6, 6.07) is 8.72. The van der Waals surface area contributed by atoms with E-state index in [1.54, 1.807) is 43.6 Å². The predicted molar refractivity (Wildman–Crippen MR) is 107 cm³/mol. The molecule has 0 bridgehead atoms. The van der Waals surface area contributed by atoms with Crippen molar-refractivity contribution < 1.29 is 17.4 Å². The lowest BCUT2D eigenvalue weighted by Gasteiger charge is -2.17. The maximum Gasteiger partial charge on any atom is 0.238 e. The number of benzene rings is 1. The van der Waals surface area contributed by atoms with Crippen molar-refractivity contribution in [3.8, 4) is 5.75 Å². The fourth-order valence-electron chi connectivity index (χ4n) is 3.74. The van der Waals surface area contributed by atoms with E-state index >= 15 is 0 Å². The van der Waals surface area contributed by atoms with Crippen LogP contribution in [0.15, 0.2) is 41.7 Å². The zero-order chi connectivity index (χ0) is 19.9. The number of methoxy groups -OCH3 is 1. The largest absolute Gasteiger partial charge is 0.496 e. The highest BCUT2D eigenvalue weighted by Gasteiger charge is 2.33. The molecule has 9 heteroatoms. The summed E-state index contributed by atoms with van der Waals surface area (Å²) < 4.78 is 45.2. The highest BCUT2D eigenvalue weighted by atomic mass is 32.2. The first-order chi connectivity index (χ1) is 13.4. The zero-order valence-corrected chi connectivity index (χ0v) is 17.3. The molecule has 0 radical (unpaired) electrons. The Balaban J connectivity index is 1.90. The normalized spacial score (nSPS) is 18.4. The Kier molecular flexibility index (Phi) is 4.96. The van der Waals surface area contributed by atoms with Gasteiger partial charge in [0.05, 0.1) is 46.1 Å². The van der Waals surface area contributed by atoms with Gasteiger partial charge in [-0.1, -0.05) is 18.6 Å². The minimum Gasteiger partial charge on any atom is -0.496 e. The van der Waals surface area contributed by atoms with E-state index in [2.05, 4.69) is 9.97 Å². The maximum absolute atomic E-state index is 13.6. The summed E-state index contributed by atoms with van der Waals surface area (Å²) in [6.45, 7) is 0. The van der Waals surface area contributed by atoms with Gasteiger partial charge in [0.1, 0.15) is 5.75 Å². The van der Waals surface area contributed by atoms with Gasteiger partial charge in [0, 0.05) is 11.8 Å². The average Bonchev–Trinajstić information content (AvgIpc) is 2.94. The second-order valence-electron chi connectivity index (χ2n) is 6.82. The van der Waals surface area contributed by atoms with Crippen LogP contribution in [0.3, 0.4) is 0 Å². The van der Waals surface area contributed by atoms with E-state index in [1.807, 2.05) is 0 Å². The number of fused-ring (bicyclic) bond motifs is 2. The fraction of sp³-hybridized carbons (Fsp3) is 0.368. The molecule has 2 heterocycles. The molecule has 3 aromatic rings. The van der Waals surface area contributed by atoms with Crippen LogP contribution in [0.1, 0.15) is 35.8 Å². The van der Waals surface area contributed by atoms with Crippen molar-refractivity contribution in [1.29, 1.82) is 0 Å². The van der Waals surface area contributed by atoms with Crippen LogP contribution in [-0.2, 0) is 27.2 Å². The topological polar surface area (TPSA) is 91.2 Å². The third-order valence-corrected chi connectivity index (χ3v) is 7.73. The van der Waals surface area contributed by atoms with Crippen LogP contribution in [0, 0.1) is 0 Å². The molecular formula is C19H21N3O4S2. The molecule has 1 aliphatic carbocycles. The Morgan fingerprint density at radius 1 is 1.21 bits per heavy atom. The molecule has 2 unspecified atom stereocenters. The van der Waals surface area contributed by atoms with E-state index in [-0.39, 0.29) is 5.16 Å². The third-order valence-electron chi connectivity index (χ3n) is 4.97. The monoisotopic (exact) mass is 419 g/mol. The van der Waals surface area contributed by atoms with Crippen LogP contribution in [-0.4, -0.2) is 39.9 Å². The molecule has 0 N–H and O–H groups in total. The van der Waals surface area contributed by atoms with Gasteiger partial charge in [0.25, 0.3) is 0 Å². The molecule has 1 aliphatic rings. The zero-order valence-electron chi connectivity index (χ0n) is 15.7. The fourth-order valence-corrected chi connectivity index (χ4v) is 6.70. The Labute approximate surface area is 166 Å². The molecule has 0 aliphatic heterocycles. The lowest BCUT2D eigenvalue weighted by atomic mass is 10.1. The van der Waals surface area contributed by atoms with Gasteiger partial charge in [0.2, 0.25) is 15.2 Å². The number of aromatic nitrogens is 3. The van der Waals surface area contributed by atoms with Gasteiger partial charge in [0.15, 0.2) is 0 Å². The third kappa shape index (κ3) is 3.22. The van der Waals surface area contributed by atoms with Crippen molar-refractivity contribution in [2.45, 2.75) is 36.1 Å². The number of hydrogen-bond acceptors (Lipinski definition) is 6. The highest BCUT2D eigenvalue weighted by molar-refractivity contribution is 7.90. The number of nitrogens with zero attached hydrogens (tertiary/aromatic N) is 3. The summed E-state index contributed by atoms with van der Waals surface area (Å²) in [6.07, 6.45) is 5.99. The van der Waals surface area contributed by atoms with Crippen LogP contribution in [0.4, 0.5) is 0 Å². The summed E-state index contributed by atoms with van der Waals surface area (Å²) in [5.41, 5.74) is 2.59. The molecule has 0 saturated heterocycles. The smallest absolute Gasteiger partial charge is 0.238 e. The molecule has 0 fully saturated rings. The second kappa shape index (κ2) is 7.29. The second-order valence-corrected chi connectivity index (χ2v) is 10.2. The molecule has 7 nitrogen and oxygen atoms in total. The first kappa shape index (κ1) is 19.1. The van der Waals surface area contributed by atoms with Crippen molar-refractivity contribution >= 4 is 31.9 Å². The van der Waals surface area contributed by atoms with Crippen LogP contribution in [0.2, 0.25) is 0 Å². The van der Waals surface area contributed by atoms with Gasteiger partial charge in [-0.3, -0.25) is 9.19 Å². The Hall–Kier alpha value is -2.26. The first-order valence-electron chi connectivity index (χ1n) is 9.02. The minimum absolute atomic E-state index is 0.0474. The SMILES string of the molecule is COc1ccnc2c1CCCCC2S(=O)c1nc2ccccc2n1S(C)(=O)=O. The number of ether oxygens (including phenoxy) is 1. The van der Waals surface area contributed by atoms with Crippen LogP contribution in [0.25, 0.3) is 11.0 Å². The van der Waals surface area contributed by atoms with Crippen molar-refractivity contribution in [1.82, 2.24) is 13.9 Å². The number of imidazole rings is 1. The van der Waals surface area contributed by atoms with Crippen LogP contribution in [0.5, 0.6) is 5.75 Å². The van der Waals surface area contributed by atoms with Crippen LogP contribution >= 0.6 is 0 Å². The van der Waals surface area contributed by atoms with Gasteiger partial charge in [-0.15, -0.1) is 0 Å². The number of hydrogen-bond donors (Lipinski definition) is 0. The summed E-state index contributed by atoms with van der Waals surface area (Å²) in [5.74, 6) is 0.727. The van der Waals surface area contributed by atoms with E-state index in [4.69, 9.17) is 4.74 Å². The molecule has 0 saturated carbocycles. The van der Waals surface area contributed by atoms with E-state index in [0.717, 1.165) is 40.8 Å². The molecule has 2 aromatic heterocycles. The van der Waals surface area contributed by atoms with E-state index in [9.17, 15) is 12.6 Å². The molecule has 148 valence electrons. The Morgan fingerprint density at radius 3 is 2.75 bits per heavy atom. The molecule has 4 rings (SSSR count). The predicted octanol–water partition coefficient (Wildman–Crippen LogP) is 2.82. The molecule has 2 atom stereocenters. The van der Waals surface area contributed by atoms with E-state index in [1.165, 1.54) is 0 Å². The lowest BCUT2D eigenvalue weighted by molar-refractivity contribution is 0.408. The quantitative estimate of drug-likeness (QED) is 0.604. The van der Waals surface area contributed by atoms with Gasteiger partial charge in [-0.05, 0) is 37.5 Å². The van der Waals surface area contributed by atoms with Crippen molar-refractivity contribution in [3.05, 3.63) is 47.8 Å². The highest BCUT2D eigenvalue weighted by Crippen LogP contribution is 2.38. The Bertz CT molecular complexity index is 1170. The van der Waals surface area contributed by atoms with Crippen molar-refractivity contribution in [2.24, 2.45) is 0 Å². The van der Waals surface area contributed by atoms with Gasteiger partial charge >= 0.3 is 0 Å². The summed E-state index contributed by atoms with van der Waals surface area (Å²) >= 11 is 0. The Morgan fingerprint density at radius 2 is 2.00 bits per heavy atom. The molecule has 0 spiro atoms. The number of pyridine rings is 1. The summed E-state index contributed by atoms with van der Waals surface area (Å²) in [7, 11) is -3.77. The van der Waals surface area contributed by atoms with Gasteiger partial charge in [-0.25, -0.2) is 17.4 Å². The van der Waals surface area contributed by atoms with Gasteiger partial charge < -0.3 is 4.74 Å². The standard InChI is InChI=1S/C19H21N3O4S2/c1-26-16-11-12-20-18-13(16)7-3-6-10-17(18)27(23)19-21-14-8-4-5-9-15(14)22(19)28(2,24)25/h4-5,8-9,11-12,17H,3,6-7,10H2,1-2H3. The maximum atomic E-state index is 13.6. The summed E-state index contributed by atoms with van der Waals surface area (Å²) in [4.78, 5) is 8.93. The van der Waals surface area contributed by atoms with E-state index < -0.39 is 26.1 Å². The molecule has 28 heavy (non-hydrogen) atoms. The first-order valence-corrected chi connectivity index (χ1v) is 12.1. The van der Waals surface area contributed by atoms with Crippen LogP contribution < -0.4 is 4.74 Å². The molecular weight excluding hydrogens is 398 g/mol. The lowest BCUT2D eigenvalue weighted by Crippen LogP contribution is -2.19. The summed E-state index contributed by atoms with van der Waals surface area (Å²) in [5, 5.41) is -0.393. The molecule has 1 aromatic carbocycles. The average molecular weight is 420 g/mol.